The van der Waals surface area contributed by atoms with Gasteiger partial charge in [-0.1, -0.05) is 6.92 Å². The Morgan fingerprint density at radius 1 is 1.17 bits per heavy atom. The number of anilines is 1. The summed E-state index contributed by atoms with van der Waals surface area (Å²) in [5.41, 5.74) is 0. The molecule has 2 rings (SSSR count). The van der Waals surface area contributed by atoms with Gasteiger partial charge in [0.05, 0.1) is 0 Å². The predicted octanol–water partition coefficient (Wildman–Crippen LogP) is 0.598. The first-order valence-electron chi connectivity index (χ1n) is 6.85. The SMILES string of the molecule is CCNCCCN1CCN(c2ncccn2)CC1. The van der Waals surface area contributed by atoms with Crippen LogP contribution in [0.4, 0.5) is 5.95 Å². The quantitative estimate of drug-likeness (QED) is 0.748. The maximum atomic E-state index is 4.30. The van der Waals surface area contributed by atoms with Crippen LogP contribution in [-0.2, 0) is 0 Å². The fourth-order valence-corrected chi connectivity index (χ4v) is 2.23. The molecular weight excluding hydrogens is 226 g/mol. The van der Waals surface area contributed by atoms with Crippen LogP contribution >= 0.6 is 0 Å². The van der Waals surface area contributed by atoms with Crippen LogP contribution in [0.3, 0.4) is 0 Å². The number of nitrogens with zero attached hydrogens (tertiary/aromatic N) is 4. The van der Waals surface area contributed by atoms with Gasteiger partial charge in [-0.3, -0.25) is 4.90 Å². The van der Waals surface area contributed by atoms with Crippen LogP contribution in [0.2, 0.25) is 0 Å². The lowest BCUT2D eigenvalue weighted by Gasteiger charge is -2.34. The number of hydrogen-bond donors (Lipinski definition) is 1. The van der Waals surface area contributed by atoms with Crippen molar-refractivity contribution >= 4 is 5.95 Å². The molecule has 18 heavy (non-hydrogen) atoms. The van der Waals surface area contributed by atoms with E-state index in [0.29, 0.717) is 0 Å². The Balaban J connectivity index is 1.68. The van der Waals surface area contributed by atoms with Crippen LogP contribution in [-0.4, -0.2) is 60.7 Å². The Labute approximate surface area is 109 Å². The van der Waals surface area contributed by atoms with E-state index in [1.54, 1.807) is 0 Å². The lowest BCUT2D eigenvalue weighted by Crippen LogP contribution is -2.47. The van der Waals surface area contributed by atoms with E-state index in [0.717, 1.165) is 45.2 Å². The molecule has 1 aromatic rings. The molecule has 0 unspecified atom stereocenters. The summed E-state index contributed by atoms with van der Waals surface area (Å²) in [5, 5.41) is 3.37. The van der Waals surface area contributed by atoms with E-state index in [1.807, 2.05) is 18.5 Å². The molecule has 0 amide bonds. The van der Waals surface area contributed by atoms with Gasteiger partial charge in [0.15, 0.2) is 0 Å². The summed E-state index contributed by atoms with van der Waals surface area (Å²) in [7, 11) is 0. The molecule has 0 aliphatic carbocycles. The molecule has 1 N–H and O–H groups in total. The minimum atomic E-state index is 0.866. The normalized spacial score (nSPS) is 17.1. The molecule has 0 aromatic carbocycles. The van der Waals surface area contributed by atoms with E-state index in [4.69, 9.17) is 0 Å². The summed E-state index contributed by atoms with van der Waals surface area (Å²) in [6.07, 6.45) is 4.85. The first kappa shape index (κ1) is 13.2. The molecule has 0 spiro atoms. The van der Waals surface area contributed by atoms with Gasteiger partial charge < -0.3 is 10.2 Å². The molecule has 1 aliphatic heterocycles. The molecule has 1 aromatic heterocycles. The van der Waals surface area contributed by atoms with Crippen LogP contribution in [0.1, 0.15) is 13.3 Å². The highest BCUT2D eigenvalue weighted by Crippen LogP contribution is 2.09. The highest BCUT2D eigenvalue weighted by molar-refractivity contribution is 5.29. The largest absolute Gasteiger partial charge is 0.338 e. The second kappa shape index (κ2) is 7.28. The highest BCUT2D eigenvalue weighted by Gasteiger charge is 2.17. The number of piperazine rings is 1. The molecule has 0 bridgehead atoms. The van der Waals surface area contributed by atoms with Crippen LogP contribution in [0, 0.1) is 0 Å². The number of aromatic nitrogens is 2. The lowest BCUT2D eigenvalue weighted by molar-refractivity contribution is 0.253. The van der Waals surface area contributed by atoms with E-state index in [1.165, 1.54) is 13.0 Å². The summed E-state index contributed by atoms with van der Waals surface area (Å²) in [6, 6.07) is 1.86. The van der Waals surface area contributed by atoms with Crippen LogP contribution < -0.4 is 10.2 Å². The smallest absolute Gasteiger partial charge is 0.225 e. The zero-order valence-corrected chi connectivity index (χ0v) is 11.2. The molecule has 0 saturated carbocycles. The predicted molar refractivity (Wildman–Crippen MR) is 73.8 cm³/mol. The summed E-state index contributed by atoms with van der Waals surface area (Å²) < 4.78 is 0. The van der Waals surface area contributed by atoms with Crippen LogP contribution in [0.25, 0.3) is 0 Å². The Morgan fingerprint density at radius 3 is 2.56 bits per heavy atom. The van der Waals surface area contributed by atoms with Crippen molar-refractivity contribution < 1.29 is 0 Å². The number of rotatable bonds is 6. The Morgan fingerprint density at radius 2 is 1.89 bits per heavy atom. The number of hydrogen-bond acceptors (Lipinski definition) is 5. The van der Waals surface area contributed by atoms with Crippen molar-refractivity contribution in [1.29, 1.82) is 0 Å². The van der Waals surface area contributed by atoms with Gasteiger partial charge in [0, 0.05) is 38.6 Å². The molecule has 2 heterocycles. The van der Waals surface area contributed by atoms with Gasteiger partial charge in [0.2, 0.25) is 5.95 Å². The van der Waals surface area contributed by atoms with Gasteiger partial charge in [0.1, 0.15) is 0 Å². The van der Waals surface area contributed by atoms with Gasteiger partial charge in [-0.05, 0) is 32.1 Å². The molecule has 0 radical (unpaired) electrons. The zero-order valence-electron chi connectivity index (χ0n) is 11.2. The number of nitrogens with one attached hydrogen (secondary N) is 1. The van der Waals surface area contributed by atoms with Gasteiger partial charge in [0.25, 0.3) is 0 Å². The standard InChI is InChI=1S/C13H23N5/c1-2-14-5-4-8-17-9-11-18(12-10-17)13-15-6-3-7-16-13/h3,6-7,14H,2,4-5,8-12H2,1H3. The third-order valence-corrected chi connectivity index (χ3v) is 3.29. The second-order valence-electron chi connectivity index (χ2n) is 4.58. The van der Waals surface area contributed by atoms with Crippen molar-refractivity contribution in [2.45, 2.75) is 13.3 Å². The topological polar surface area (TPSA) is 44.3 Å². The van der Waals surface area contributed by atoms with Crippen molar-refractivity contribution in [2.75, 3.05) is 50.7 Å². The maximum absolute atomic E-state index is 4.30. The van der Waals surface area contributed by atoms with Crippen molar-refractivity contribution in [3.05, 3.63) is 18.5 Å². The van der Waals surface area contributed by atoms with Crippen molar-refractivity contribution in [1.82, 2.24) is 20.2 Å². The van der Waals surface area contributed by atoms with E-state index in [9.17, 15) is 0 Å². The molecular formula is C13H23N5. The maximum Gasteiger partial charge on any atom is 0.225 e. The Bertz CT molecular complexity index is 321. The lowest BCUT2D eigenvalue weighted by atomic mass is 10.3. The Kier molecular flexibility index (Phi) is 5.36. The van der Waals surface area contributed by atoms with Crippen LogP contribution in [0.5, 0.6) is 0 Å². The molecule has 5 heteroatoms. The fourth-order valence-electron chi connectivity index (χ4n) is 2.23. The average molecular weight is 249 g/mol. The third-order valence-electron chi connectivity index (χ3n) is 3.29. The summed E-state index contributed by atoms with van der Waals surface area (Å²) in [6.45, 7) is 9.83. The fraction of sp³-hybridized carbons (Fsp3) is 0.692. The molecule has 1 saturated heterocycles. The summed E-state index contributed by atoms with van der Waals surface area (Å²) in [5.74, 6) is 0.866. The highest BCUT2D eigenvalue weighted by atomic mass is 15.3. The molecule has 0 atom stereocenters. The van der Waals surface area contributed by atoms with Crippen LogP contribution in [0.15, 0.2) is 18.5 Å². The first-order valence-corrected chi connectivity index (χ1v) is 6.85. The van der Waals surface area contributed by atoms with Crippen molar-refractivity contribution in [3.8, 4) is 0 Å². The van der Waals surface area contributed by atoms with Gasteiger partial charge in [-0.15, -0.1) is 0 Å². The van der Waals surface area contributed by atoms with Gasteiger partial charge >= 0.3 is 0 Å². The first-order chi connectivity index (χ1) is 8.90. The minimum Gasteiger partial charge on any atom is -0.338 e. The van der Waals surface area contributed by atoms with E-state index in [2.05, 4.69) is 32.0 Å². The van der Waals surface area contributed by atoms with Gasteiger partial charge in [-0.2, -0.15) is 0 Å². The molecule has 100 valence electrons. The molecule has 1 aliphatic rings. The summed E-state index contributed by atoms with van der Waals surface area (Å²) >= 11 is 0. The zero-order chi connectivity index (χ0) is 12.6. The van der Waals surface area contributed by atoms with E-state index >= 15 is 0 Å². The van der Waals surface area contributed by atoms with Gasteiger partial charge in [-0.25, -0.2) is 9.97 Å². The molecule has 5 nitrogen and oxygen atoms in total. The average Bonchev–Trinajstić information content (AvgIpc) is 2.45. The molecule has 1 fully saturated rings. The van der Waals surface area contributed by atoms with E-state index < -0.39 is 0 Å². The Hall–Kier alpha value is -1.20. The minimum absolute atomic E-state index is 0.866. The summed E-state index contributed by atoms with van der Waals surface area (Å²) in [4.78, 5) is 13.4. The van der Waals surface area contributed by atoms with Crippen molar-refractivity contribution in [2.24, 2.45) is 0 Å². The second-order valence-corrected chi connectivity index (χ2v) is 4.58. The van der Waals surface area contributed by atoms with E-state index in [-0.39, 0.29) is 0 Å². The monoisotopic (exact) mass is 249 g/mol. The van der Waals surface area contributed by atoms with Crippen molar-refractivity contribution in [3.63, 3.8) is 0 Å². The third kappa shape index (κ3) is 3.92.